The smallest absolute Gasteiger partial charge is 0.349 e. The lowest BCUT2D eigenvalue weighted by atomic mass is 10.1. The molecule has 3 amide bonds. The van der Waals surface area contributed by atoms with E-state index in [1.165, 1.54) is 18.3 Å². The van der Waals surface area contributed by atoms with Crippen LogP contribution in [-0.2, 0) is 14.3 Å². The predicted molar refractivity (Wildman–Crippen MR) is 105 cm³/mol. The molecule has 28 heavy (non-hydrogen) atoms. The van der Waals surface area contributed by atoms with Crippen LogP contribution >= 0.6 is 11.3 Å². The molecule has 8 nitrogen and oxygen atoms in total. The van der Waals surface area contributed by atoms with Gasteiger partial charge in [0.15, 0.2) is 6.10 Å². The summed E-state index contributed by atoms with van der Waals surface area (Å²) in [6.45, 7) is 4.08. The van der Waals surface area contributed by atoms with Crippen LogP contribution in [0.25, 0.3) is 11.1 Å². The number of hydrogen-bond donors (Lipinski definition) is 2. The fourth-order valence-electron chi connectivity index (χ4n) is 2.80. The van der Waals surface area contributed by atoms with Gasteiger partial charge in [-0.1, -0.05) is 30.3 Å². The van der Waals surface area contributed by atoms with E-state index in [1.54, 1.807) is 6.07 Å². The first-order valence-electron chi connectivity index (χ1n) is 8.79. The molecule has 2 aromatic rings. The number of anilines is 1. The largest absolute Gasteiger partial charge is 0.448 e. The highest BCUT2D eigenvalue weighted by Crippen LogP contribution is 2.39. The Morgan fingerprint density at radius 1 is 1.21 bits per heavy atom. The van der Waals surface area contributed by atoms with E-state index < -0.39 is 24.0 Å². The molecule has 0 saturated carbocycles. The molecule has 1 aliphatic rings. The minimum absolute atomic E-state index is 0.374. The Morgan fingerprint density at radius 2 is 1.89 bits per heavy atom. The molecule has 0 unspecified atom stereocenters. The number of primary amides is 1. The van der Waals surface area contributed by atoms with Gasteiger partial charge in [0.05, 0.1) is 18.2 Å². The molecule has 2 heterocycles. The number of benzene rings is 1. The Hall–Kier alpha value is -2.91. The number of urea groups is 1. The van der Waals surface area contributed by atoms with Crippen molar-refractivity contribution < 1.29 is 23.9 Å². The van der Waals surface area contributed by atoms with Crippen molar-refractivity contribution >= 4 is 34.2 Å². The molecule has 1 fully saturated rings. The maximum Gasteiger partial charge on any atom is 0.349 e. The van der Waals surface area contributed by atoms with E-state index in [1.807, 2.05) is 35.6 Å². The van der Waals surface area contributed by atoms with Gasteiger partial charge in [-0.25, -0.2) is 9.59 Å². The first kappa shape index (κ1) is 19.8. The zero-order valence-electron chi connectivity index (χ0n) is 15.3. The maximum absolute atomic E-state index is 12.6. The lowest BCUT2D eigenvalue weighted by Gasteiger charge is -2.28. The Labute approximate surface area is 166 Å². The SMILES string of the molecule is C[C@@H](OC(=O)c1cc(-c2ccccc2)c(N2CCOCC2)s1)C(=O)NC(N)=O. The van der Waals surface area contributed by atoms with Gasteiger partial charge in [-0.15, -0.1) is 11.3 Å². The third-order valence-electron chi connectivity index (χ3n) is 4.20. The van der Waals surface area contributed by atoms with Crippen LogP contribution in [0.4, 0.5) is 9.80 Å². The van der Waals surface area contributed by atoms with Crippen molar-refractivity contribution in [3.63, 3.8) is 0 Å². The summed E-state index contributed by atoms with van der Waals surface area (Å²) in [5, 5.41) is 2.85. The Morgan fingerprint density at radius 3 is 2.54 bits per heavy atom. The summed E-state index contributed by atoms with van der Waals surface area (Å²) in [6.07, 6.45) is -1.14. The number of thiophene rings is 1. The molecule has 1 aromatic carbocycles. The molecule has 1 aromatic heterocycles. The van der Waals surface area contributed by atoms with Gasteiger partial charge < -0.3 is 20.1 Å². The van der Waals surface area contributed by atoms with Crippen molar-refractivity contribution in [2.45, 2.75) is 13.0 Å². The summed E-state index contributed by atoms with van der Waals surface area (Å²) < 4.78 is 10.6. The van der Waals surface area contributed by atoms with Crippen LogP contribution in [0.1, 0.15) is 16.6 Å². The molecular formula is C19H21N3O5S. The van der Waals surface area contributed by atoms with Crippen molar-refractivity contribution in [3.8, 4) is 11.1 Å². The molecule has 1 aliphatic heterocycles. The van der Waals surface area contributed by atoms with Gasteiger partial charge in [0.25, 0.3) is 5.91 Å². The minimum Gasteiger partial charge on any atom is -0.448 e. The van der Waals surface area contributed by atoms with E-state index in [-0.39, 0.29) is 0 Å². The van der Waals surface area contributed by atoms with Crippen LogP contribution in [0.3, 0.4) is 0 Å². The van der Waals surface area contributed by atoms with Gasteiger partial charge in [0.2, 0.25) is 0 Å². The second-order valence-corrected chi connectivity index (χ2v) is 7.23. The van der Waals surface area contributed by atoms with Gasteiger partial charge in [-0.05, 0) is 18.6 Å². The standard InChI is InChI=1S/C19H21N3O5S/c1-12(16(23)21-19(20)25)27-18(24)15-11-14(13-5-3-2-4-6-13)17(28-15)22-7-9-26-10-8-22/h2-6,11-12H,7-10H2,1H3,(H3,20,21,23,25)/t12-/m1/s1. The average Bonchev–Trinajstić information content (AvgIpc) is 3.14. The fraction of sp³-hybridized carbons (Fsp3) is 0.316. The van der Waals surface area contributed by atoms with Crippen LogP contribution in [0, 0.1) is 0 Å². The number of nitrogens with two attached hydrogens (primary N) is 1. The zero-order valence-corrected chi connectivity index (χ0v) is 16.2. The second kappa shape index (κ2) is 8.85. The molecule has 1 atom stereocenters. The Bertz CT molecular complexity index is 862. The van der Waals surface area contributed by atoms with Crippen LogP contribution in [0.15, 0.2) is 36.4 Å². The molecule has 0 radical (unpaired) electrons. The highest BCUT2D eigenvalue weighted by atomic mass is 32.1. The fourth-order valence-corrected chi connectivity index (χ4v) is 3.92. The summed E-state index contributed by atoms with van der Waals surface area (Å²) in [4.78, 5) is 37.7. The van der Waals surface area contributed by atoms with E-state index in [4.69, 9.17) is 15.2 Å². The van der Waals surface area contributed by atoms with Crippen LogP contribution in [-0.4, -0.2) is 50.3 Å². The molecular weight excluding hydrogens is 382 g/mol. The van der Waals surface area contributed by atoms with E-state index in [0.717, 1.165) is 29.2 Å². The Balaban J connectivity index is 1.85. The predicted octanol–water partition coefficient (Wildman–Crippen LogP) is 1.99. The van der Waals surface area contributed by atoms with Crippen molar-refractivity contribution in [2.24, 2.45) is 5.73 Å². The molecule has 0 aliphatic carbocycles. The number of ether oxygens (including phenoxy) is 2. The van der Waals surface area contributed by atoms with Gasteiger partial charge in [-0.3, -0.25) is 10.1 Å². The minimum atomic E-state index is -1.14. The van der Waals surface area contributed by atoms with Crippen molar-refractivity contribution in [3.05, 3.63) is 41.3 Å². The number of esters is 1. The van der Waals surface area contributed by atoms with E-state index in [9.17, 15) is 14.4 Å². The lowest BCUT2D eigenvalue weighted by Crippen LogP contribution is -2.42. The summed E-state index contributed by atoms with van der Waals surface area (Å²) in [7, 11) is 0. The number of amides is 3. The summed E-state index contributed by atoms with van der Waals surface area (Å²) >= 11 is 1.31. The van der Waals surface area contributed by atoms with Gasteiger partial charge in [-0.2, -0.15) is 0 Å². The number of nitrogens with one attached hydrogen (secondary N) is 1. The molecule has 148 valence electrons. The first-order valence-corrected chi connectivity index (χ1v) is 9.60. The number of morpholine rings is 1. The van der Waals surface area contributed by atoms with E-state index in [2.05, 4.69) is 4.90 Å². The molecule has 9 heteroatoms. The Kier molecular flexibility index (Phi) is 6.27. The van der Waals surface area contributed by atoms with Gasteiger partial charge in [0.1, 0.15) is 4.88 Å². The number of imide groups is 1. The maximum atomic E-state index is 12.6. The normalized spacial score (nSPS) is 15.0. The van der Waals surface area contributed by atoms with Crippen LogP contribution < -0.4 is 16.0 Å². The number of carbonyl (C=O) groups is 3. The number of nitrogens with zero attached hydrogens (tertiary/aromatic N) is 1. The molecule has 3 N–H and O–H groups in total. The van der Waals surface area contributed by atoms with E-state index in [0.29, 0.717) is 18.1 Å². The third kappa shape index (κ3) is 4.68. The summed E-state index contributed by atoms with van der Waals surface area (Å²) in [5.41, 5.74) is 6.83. The number of rotatable bonds is 5. The molecule has 3 rings (SSSR count). The van der Waals surface area contributed by atoms with Gasteiger partial charge >= 0.3 is 12.0 Å². The zero-order chi connectivity index (χ0) is 20.1. The molecule has 0 bridgehead atoms. The van der Waals surface area contributed by atoms with Gasteiger partial charge in [0, 0.05) is 18.7 Å². The number of carbonyl (C=O) groups excluding carboxylic acids is 3. The topological polar surface area (TPSA) is 111 Å². The van der Waals surface area contributed by atoms with Crippen LogP contribution in [0.2, 0.25) is 0 Å². The first-order chi connectivity index (χ1) is 13.5. The molecule has 0 spiro atoms. The van der Waals surface area contributed by atoms with Crippen LogP contribution in [0.5, 0.6) is 0 Å². The lowest BCUT2D eigenvalue weighted by molar-refractivity contribution is -0.127. The van der Waals surface area contributed by atoms with Crippen molar-refractivity contribution in [1.82, 2.24) is 5.32 Å². The quantitative estimate of drug-likeness (QED) is 0.739. The summed E-state index contributed by atoms with van der Waals surface area (Å²) in [6, 6.07) is 10.5. The average molecular weight is 403 g/mol. The summed E-state index contributed by atoms with van der Waals surface area (Å²) in [5.74, 6) is -1.40. The van der Waals surface area contributed by atoms with Crippen molar-refractivity contribution in [1.29, 1.82) is 0 Å². The second-order valence-electron chi connectivity index (χ2n) is 6.20. The van der Waals surface area contributed by atoms with E-state index >= 15 is 0 Å². The monoisotopic (exact) mass is 403 g/mol. The third-order valence-corrected chi connectivity index (χ3v) is 5.37. The molecule has 1 saturated heterocycles. The van der Waals surface area contributed by atoms with Crippen molar-refractivity contribution in [2.75, 3.05) is 31.2 Å². The highest BCUT2D eigenvalue weighted by molar-refractivity contribution is 7.18. The number of hydrogen-bond acceptors (Lipinski definition) is 7. The highest BCUT2D eigenvalue weighted by Gasteiger charge is 2.25.